The van der Waals surface area contributed by atoms with Gasteiger partial charge in [0.25, 0.3) is 0 Å². The molecule has 0 aromatic heterocycles. The predicted molar refractivity (Wildman–Crippen MR) is 311 cm³/mol. The molecule has 0 fully saturated rings. The second-order valence-corrected chi connectivity index (χ2v) is 20.6. The summed E-state index contributed by atoms with van der Waals surface area (Å²) in [4.78, 5) is 37.9. The van der Waals surface area contributed by atoms with Crippen molar-refractivity contribution in [2.24, 2.45) is 0 Å². The normalized spacial score (nSPS) is 12.5. The van der Waals surface area contributed by atoms with Crippen LogP contribution in [0.15, 0.2) is 72.9 Å². The van der Waals surface area contributed by atoms with Gasteiger partial charge in [-0.3, -0.25) is 14.4 Å². The molecule has 0 rings (SSSR count). The predicted octanol–water partition coefficient (Wildman–Crippen LogP) is 20.9. The molecule has 0 radical (unpaired) electrons. The van der Waals surface area contributed by atoms with Crippen molar-refractivity contribution in [3.05, 3.63) is 72.9 Å². The Morgan fingerprint density at radius 2 is 0.542 bits per heavy atom. The van der Waals surface area contributed by atoms with Gasteiger partial charge in [0.15, 0.2) is 6.10 Å². The molecule has 0 bridgehead atoms. The van der Waals surface area contributed by atoms with Crippen molar-refractivity contribution in [2.45, 2.75) is 316 Å². The van der Waals surface area contributed by atoms with Gasteiger partial charge in [0, 0.05) is 19.3 Å². The first-order valence-electron chi connectivity index (χ1n) is 30.9. The van der Waals surface area contributed by atoms with Gasteiger partial charge in [0.05, 0.1) is 0 Å². The van der Waals surface area contributed by atoms with Crippen LogP contribution in [0.4, 0.5) is 0 Å². The Morgan fingerprint density at radius 3 is 0.819 bits per heavy atom. The second-order valence-electron chi connectivity index (χ2n) is 20.6. The van der Waals surface area contributed by atoms with Crippen molar-refractivity contribution in [2.75, 3.05) is 13.2 Å². The minimum atomic E-state index is -0.811. The van der Waals surface area contributed by atoms with Gasteiger partial charge in [-0.1, -0.05) is 306 Å². The van der Waals surface area contributed by atoms with Gasteiger partial charge in [0.2, 0.25) is 0 Å². The molecular weight excluding hydrogens is 889 g/mol. The smallest absolute Gasteiger partial charge is 0.306 e. The van der Waals surface area contributed by atoms with Crippen molar-refractivity contribution < 1.29 is 28.6 Å². The van der Waals surface area contributed by atoms with Crippen LogP contribution in [-0.2, 0) is 28.6 Å². The van der Waals surface area contributed by atoms with Crippen molar-refractivity contribution in [1.29, 1.82) is 0 Å². The number of hydrogen-bond donors (Lipinski definition) is 0. The lowest BCUT2D eigenvalue weighted by Gasteiger charge is -2.18. The molecule has 1 atom stereocenters. The van der Waals surface area contributed by atoms with Gasteiger partial charge in [-0.15, -0.1) is 0 Å². The molecule has 6 nitrogen and oxygen atoms in total. The second kappa shape index (κ2) is 60.4. The molecule has 0 heterocycles. The zero-order chi connectivity index (χ0) is 52.2. The van der Waals surface area contributed by atoms with Crippen molar-refractivity contribution in [3.8, 4) is 0 Å². The van der Waals surface area contributed by atoms with Crippen LogP contribution in [0.5, 0.6) is 0 Å². The lowest BCUT2D eigenvalue weighted by atomic mass is 10.0. The van der Waals surface area contributed by atoms with E-state index < -0.39 is 12.1 Å². The highest BCUT2D eigenvalue weighted by Gasteiger charge is 2.19. The Hall–Kier alpha value is -3.15. The maximum Gasteiger partial charge on any atom is 0.306 e. The molecule has 0 aliphatic rings. The van der Waals surface area contributed by atoms with Gasteiger partial charge in [-0.2, -0.15) is 0 Å². The highest BCUT2D eigenvalue weighted by molar-refractivity contribution is 5.71. The molecule has 0 aromatic carbocycles. The molecular formula is C66H116O6. The highest BCUT2D eigenvalue weighted by Crippen LogP contribution is 2.17. The largest absolute Gasteiger partial charge is 0.462 e. The molecule has 0 N–H and O–H groups in total. The number of esters is 3. The van der Waals surface area contributed by atoms with Crippen molar-refractivity contribution in [1.82, 2.24) is 0 Å². The van der Waals surface area contributed by atoms with Gasteiger partial charge < -0.3 is 14.2 Å². The number of allylic oxidation sites excluding steroid dienone is 12. The van der Waals surface area contributed by atoms with Crippen LogP contribution in [0.1, 0.15) is 310 Å². The number of carbonyl (C=O) groups excluding carboxylic acids is 3. The summed E-state index contributed by atoms with van der Waals surface area (Å²) in [5.41, 5.74) is 0. The number of unbranched alkanes of at least 4 members (excludes halogenated alkanes) is 33. The standard InChI is InChI=1S/C66H116O6/c1-4-7-10-13-16-18-20-22-24-26-28-29-30-31-32-33-34-35-36-37-39-40-42-44-46-48-50-53-56-59-65(68)71-62-63(61-70-64(67)58-55-52-15-12-9-6-3)72-66(69)60-57-54-51-49-47-45-43-41-38-27-25-23-21-19-17-14-11-8-5-2/h8,11,17,19,23,25,38,41,45,47,51,54,63H,4-7,9-10,12-16,18,20-22,24,26-37,39-40,42-44,46,48-50,52-53,55-62H2,1-3H3/b11-8-,19-17-,25-23-,41-38-,47-45-,54-51-. The van der Waals surface area contributed by atoms with Crippen molar-refractivity contribution >= 4 is 17.9 Å². The highest BCUT2D eigenvalue weighted by atomic mass is 16.6. The minimum Gasteiger partial charge on any atom is -0.462 e. The van der Waals surface area contributed by atoms with E-state index in [4.69, 9.17) is 14.2 Å². The van der Waals surface area contributed by atoms with Gasteiger partial charge in [0.1, 0.15) is 13.2 Å². The third-order valence-corrected chi connectivity index (χ3v) is 13.5. The van der Waals surface area contributed by atoms with E-state index in [0.29, 0.717) is 19.3 Å². The first-order valence-corrected chi connectivity index (χ1v) is 30.9. The topological polar surface area (TPSA) is 78.9 Å². The summed E-state index contributed by atoms with van der Waals surface area (Å²) in [7, 11) is 0. The van der Waals surface area contributed by atoms with Crippen LogP contribution in [-0.4, -0.2) is 37.2 Å². The summed E-state index contributed by atoms with van der Waals surface area (Å²) >= 11 is 0. The first-order chi connectivity index (χ1) is 35.5. The average Bonchev–Trinajstić information content (AvgIpc) is 3.38. The summed E-state index contributed by atoms with van der Waals surface area (Å²) in [6.45, 7) is 6.43. The summed E-state index contributed by atoms with van der Waals surface area (Å²) in [5, 5.41) is 0. The third-order valence-electron chi connectivity index (χ3n) is 13.5. The molecule has 0 amide bonds. The van der Waals surface area contributed by atoms with Crippen LogP contribution >= 0.6 is 0 Å². The summed E-state index contributed by atoms with van der Waals surface area (Å²) in [6, 6.07) is 0. The van der Waals surface area contributed by atoms with E-state index >= 15 is 0 Å². The Labute approximate surface area is 446 Å². The fourth-order valence-electron chi connectivity index (χ4n) is 8.88. The Morgan fingerprint density at radius 1 is 0.292 bits per heavy atom. The summed E-state index contributed by atoms with van der Waals surface area (Å²) in [6.07, 6.45) is 78.3. The summed E-state index contributed by atoms with van der Waals surface area (Å²) in [5.74, 6) is -0.988. The lowest BCUT2D eigenvalue weighted by Crippen LogP contribution is -2.30. The quantitative estimate of drug-likeness (QED) is 0.0261. The van der Waals surface area contributed by atoms with Gasteiger partial charge in [-0.05, 0) is 57.8 Å². The Bertz CT molecular complexity index is 1340. The zero-order valence-electron chi connectivity index (χ0n) is 47.7. The van der Waals surface area contributed by atoms with Crippen LogP contribution in [0.25, 0.3) is 0 Å². The molecule has 1 unspecified atom stereocenters. The number of rotatable bonds is 56. The molecule has 0 aliphatic heterocycles. The maximum atomic E-state index is 12.8. The monoisotopic (exact) mass is 1000 g/mol. The third kappa shape index (κ3) is 57.7. The SMILES string of the molecule is CC/C=C\C/C=C\C/C=C\C/C=C\C/C=C\C/C=C\CCC(=O)OC(COC(=O)CCCCCCCC)COC(=O)CCCCCCCCCCCCCCCCCCCCCCCCCCCCCCC. The van der Waals surface area contributed by atoms with Crippen LogP contribution < -0.4 is 0 Å². The Kier molecular flexibility index (Phi) is 57.8. The molecule has 6 heteroatoms. The number of carbonyl (C=O) groups is 3. The van der Waals surface area contributed by atoms with E-state index in [0.717, 1.165) is 77.0 Å². The van der Waals surface area contributed by atoms with E-state index in [1.807, 2.05) is 6.08 Å². The molecule has 0 aromatic rings. The van der Waals surface area contributed by atoms with Crippen LogP contribution in [0.3, 0.4) is 0 Å². The van der Waals surface area contributed by atoms with Crippen LogP contribution in [0, 0.1) is 0 Å². The van der Waals surface area contributed by atoms with Gasteiger partial charge in [-0.25, -0.2) is 0 Å². The number of ether oxygens (including phenoxy) is 3. The Balaban J connectivity index is 4.09. The van der Waals surface area contributed by atoms with E-state index in [1.54, 1.807) is 0 Å². The van der Waals surface area contributed by atoms with Gasteiger partial charge >= 0.3 is 17.9 Å². The molecule has 72 heavy (non-hydrogen) atoms. The molecule has 0 saturated heterocycles. The first kappa shape index (κ1) is 68.8. The maximum absolute atomic E-state index is 12.8. The summed E-state index contributed by atoms with van der Waals surface area (Å²) < 4.78 is 16.7. The fourth-order valence-corrected chi connectivity index (χ4v) is 8.88. The minimum absolute atomic E-state index is 0.103. The van der Waals surface area contributed by atoms with E-state index in [9.17, 15) is 14.4 Å². The lowest BCUT2D eigenvalue weighted by molar-refractivity contribution is -0.166. The van der Waals surface area contributed by atoms with Crippen LogP contribution in [0.2, 0.25) is 0 Å². The molecule has 416 valence electrons. The average molecular weight is 1010 g/mol. The number of hydrogen-bond acceptors (Lipinski definition) is 6. The van der Waals surface area contributed by atoms with Crippen molar-refractivity contribution in [3.63, 3.8) is 0 Å². The van der Waals surface area contributed by atoms with E-state index in [1.165, 1.54) is 186 Å². The molecule has 0 spiro atoms. The fraction of sp³-hybridized carbons (Fsp3) is 0.773. The zero-order valence-corrected chi connectivity index (χ0v) is 47.7. The van der Waals surface area contributed by atoms with E-state index in [2.05, 4.69) is 87.6 Å². The molecule has 0 saturated carbocycles. The molecule has 0 aliphatic carbocycles. The van der Waals surface area contributed by atoms with E-state index in [-0.39, 0.29) is 31.6 Å².